The van der Waals surface area contributed by atoms with Gasteiger partial charge in [0, 0.05) is 29.3 Å². The van der Waals surface area contributed by atoms with Gasteiger partial charge in [0.2, 0.25) is 0 Å². The van der Waals surface area contributed by atoms with Crippen molar-refractivity contribution in [3.8, 4) is 11.5 Å². The first-order chi connectivity index (χ1) is 17.9. The summed E-state index contributed by atoms with van der Waals surface area (Å²) in [4.78, 5) is 27.3. The van der Waals surface area contributed by atoms with Gasteiger partial charge >= 0.3 is 5.97 Å². The minimum atomic E-state index is -0.550. The number of ether oxygens (including phenoxy) is 3. The summed E-state index contributed by atoms with van der Waals surface area (Å²) in [5.74, 6) is 0.384. The van der Waals surface area contributed by atoms with Crippen molar-refractivity contribution in [1.82, 2.24) is 5.32 Å². The first kappa shape index (κ1) is 26.5. The topological polar surface area (TPSA) is 73.9 Å². The van der Waals surface area contributed by atoms with Gasteiger partial charge in [-0.1, -0.05) is 50.2 Å². The maximum Gasteiger partial charge on any atom is 0.337 e. The first-order valence-corrected chi connectivity index (χ1v) is 13.2. The number of esters is 1. The number of benzene rings is 2. The zero-order chi connectivity index (χ0) is 26.5. The highest BCUT2D eigenvalue weighted by atomic mass is 16.5. The number of nitrogens with one attached hydrogen (secondary N) is 1. The molecule has 2 aliphatic rings. The Kier molecular flexibility index (Phi) is 8.37. The van der Waals surface area contributed by atoms with Crippen LogP contribution < -0.4 is 14.8 Å². The van der Waals surface area contributed by atoms with Gasteiger partial charge in [-0.3, -0.25) is 4.79 Å². The van der Waals surface area contributed by atoms with Gasteiger partial charge in [-0.2, -0.15) is 0 Å². The third-order valence-electron chi connectivity index (χ3n) is 7.18. The van der Waals surface area contributed by atoms with Gasteiger partial charge in [0.1, 0.15) is 0 Å². The third-order valence-corrected chi connectivity index (χ3v) is 7.18. The number of ketones is 1. The second-order valence-electron chi connectivity index (χ2n) is 9.81. The van der Waals surface area contributed by atoms with Gasteiger partial charge in [0.15, 0.2) is 17.3 Å². The molecule has 4 rings (SSSR count). The lowest BCUT2D eigenvalue weighted by molar-refractivity contribution is -0.144. The van der Waals surface area contributed by atoms with Gasteiger partial charge in [0.25, 0.3) is 0 Å². The Bertz CT molecular complexity index is 1210. The predicted octanol–water partition coefficient (Wildman–Crippen LogP) is 6.19. The average Bonchev–Trinajstić information content (AvgIpc) is 2.91. The summed E-state index contributed by atoms with van der Waals surface area (Å²) in [6.07, 6.45) is 2.44. The van der Waals surface area contributed by atoms with Crippen molar-refractivity contribution in [2.45, 2.75) is 71.3 Å². The molecule has 0 radical (unpaired) electrons. The molecule has 1 aliphatic carbocycles. The van der Waals surface area contributed by atoms with Crippen LogP contribution in [0.1, 0.15) is 76.3 Å². The molecule has 0 amide bonds. The lowest BCUT2D eigenvalue weighted by Crippen LogP contribution is -2.36. The molecule has 0 bridgehead atoms. The molecule has 2 aromatic rings. The number of hydrogen-bond acceptors (Lipinski definition) is 6. The smallest absolute Gasteiger partial charge is 0.337 e. The Morgan fingerprint density at radius 1 is 1.05 bits per heavy atom. The Morgan fingerprint density at radius 2 is 1.81 bits per heavy atom. The SMILES string of the molecule is CCCOc1ccc([C@@H]2C(C(=O)O[C@@H](C)CC)=C(C)NC3=C2C(=O)C[C@H](c2ccccc2)C3)cc1OC. The number of carbonyl (C=O) groups is 2. The van der Waals surface area contributed by atoms with Crippen molar-refractivity contribution in [3.63, 3.8) is 0 Å². The molecule has 0 unspecified atom stereocenters. The molecule has 0 saturated heterocycles. The van der Waals surface area contributed by atoms with Crippen LogP contribution in [0.5, 0.6) is 11.5 Å². The van der Waals surface area contributed by atoms with Crippen LogP contribution in [-0.2, 0) is 14.3 Å². The highest BCUT2D eigenvalue weighted by Crippen LogP contribution is 2.47. The molecule has 2 aromatic carbocycles. The molecular formula is C31H37NO5. The number of hydrogen-bond donors (Lipinski definition) is 1. The van der Waals surface area contributed by atoms with E-state index in [0.29, 0.717) is 54.2 Å². The van der Waals surface area contributed by atoms with E-state index in [4.69, 9.17) is 14.2 Å². The van der Waals surface area contributed by atoms with Crippen molar-refractivity contribution >= 4 is 11.8 Å². The lowest BCUT2D eigenvalue weighted by Gasteiger charge is -2.37. The van der Waals surface area contributed by atoms with Crippen LogP contribution in [0.25, 0.3) is 0 Å². The molecule has 6 nitrogen and oxygen atoms in total. The van der Waals surface area contributed by atoms with Crippen LogP contribution in [0.3, 0.4) is 0 Å². The van der Waals surface area contributed by atoms with Gasteiger partial charge in [-0.25, -0.2) is 4.79 Å². The molecule has 196 valence electrons. The first-order valence-electron chi connectivity index (χ1n) is 13.2. The number of rotatable bonds is 9. The predicted molar refractivity (Wildman–Crippen MR) is 144 cm³/mol. The number of methoxy groups -OCH3 is 1. The molecule has 1 heterocycles. The molecule has 0 spiro atoms. The molecular weight excluding hydrogens is 466 g/mol. The standard InChI is InChI=1S/C31H37NO5/c1-6-15-36-26-14-13-22(18-27(26)35-5)29-28(31(34)37-19(3)7-2)20(4)32-24-16-23(17-25(33)30(24)29)21-11-9-8-10-12-21/h8-14,18-19,23,29,32H,6-7,15-17H2,1-5H3/t19-,23+,29+/m0/s1. The maximum absolute atomic E-state index is 13.8. The number of dihydropyridines is 1. The fourth-order valence-electron chi connectivity index (χ4n) is 5.13. The number of carbonyl (C=O) groups excluding carboxylic acids is 2. The summed E-state index contributed by atoms with van der Waals surface area (Å²) in [5.41, 5.74) is 4.63. The largest absolute Gasteiger partial charge is 0.493 e. The third kappa shape index (κ3) is 5.58. The van der Waals surface area contributed by atoms with Crippen LogP contribution in [0.15, 0.2) is 71.1 Å². The second-order valence-corrected chi connectivity index (χ2v) is 9.81. The molecule has 0 aromatic heterocycles. The van der Waals surface area contributed by atoms with Crippen molar-refractivity contribution in [1.29, 1.82) is 0 Å². The quantitative estimate of drug-likeness (QED) is 0.412. The maximum atomic E-state index is 13.8. The number of Topliss-reactive ketones (excluding diaryl/α,β-unsaturated/α-hetero) is 1. The normalized spacial score (nSPS) is 20.2. The van der Waals surface area contributed by atoms with Crippen LogP contribution in [-0.4, -0.2) is 31.6 Å². The zero-order valence-corrected chi connectivity index (χ0v) is 22.4. The van der Waals surface area contributed by atoms with E-state index in [2.05, 4.69) is 17.4 Å². The van der Waals surface area contributed by atoms with Crippen LogP contribution in [0, 0.1) is 0 Å². The fourth-order valence-corrected chi connectivity index (χ4v) is 5.13. The monoisotopic (exact) mass is 503 g/mol. The summed E-state index contributed by atoms with van der Waals surface area (Å²) in [7, 11) is 1.60. The van der Waals surface area contributed by atoms with Crippen LogP contribution in [0.4, 0.5) is 0 Å². The van der Waals surface area contributed by atoms with E-state index < -0.39 is 11.9 Å². The molecule has 1 aliphatic heterocycles. The highest BCUT2D eigenvalue weighted by molar-refractivity contribution is 6.04. The Labute approximate surface area is 219 Å². The van der Waals surface area contributed by atoms with Gasteiger partial charge in [-0.05, 0) is 62.3 Å². The van der Waals surface area contributed by atoms with Crippen LogP contribution >= 0.6 is 0 Å². The minimum Gasteiger partial charge on any atom is -0.493 e. The summed E-state index contributed by atoms with van der Waals surface area (Å²) in [5, 5.41) is 3.42. The van der Waals surface area contributed by atoms with E-state index in [0.717, 1.165) is 23.2 Å². The summed E-state index contributed by atoms with van der Waals surface area (Å²) in [6.45, 7) is 8.36. The van der Waals surface area contributed by atoms with Gasteiger partial charge in [-0.15, -0.1) is 0 Å². The van der Waals surface area contributed by atoms with E-state index in [-0.39, 0.29) is 17.8 Å². The molecule has 3 atom stereocenters. The summed E-state index contributed by atoms with van der Waals surface area (Å²) >= 11 is 0. The Hall–Kier alpha value is -3.54. The molecule has 0 saturated carbocycles. The van der Waals surface area contributed by atoms with Gasteiger partial charge in [0.05, 0.1) is 25.4 Å². The van der Waals surface area contributed by atoms with E-state index in [1.54, 1.807) is 7.11 Å². The molecule has 1 N–H and O–H groups in total. The van der Waals surface area contributed by atoms with Crippen LogP contribution in [0.2, 0.25) is 0 Å². The van der Waals surface area contributed by atoms with E-state index in [1.807, 2.05) is 64.1 Å². The van der Waals surface area contributed by atoms with Crippen molar-refractivity contribution in [2.75, 3.05) is 13.7 Å². The average molecular weight is 504 g/mol. The molecule has 6 heteroatoms. The van der Waals surface area contributed by atoms with Crippen molar-refractivity contribution in [2.24, 2.45) is 0 Å². The second kappa shape index (κ2) is 11.7. The van der Waals surface area contributed by atoms with E-state index in [1.165, 1.54) is 0 Å². The summed E-state index contributed by atoms with van der Waals surface area (Å²) in [6, 6.07) is 15.8. The zero-order valence-electron chi connectivity index (χ0n) is 22.4. The Morgan fingerprint density at radius 3 is 2.49 bits per heavy atom. The Balaban J connectivity index is 1.80. The van der Waals surface area contributed by atoms with Gasteiger partial charge < -0.3 is 19.5 Å². The number of allylic oxidation sites excluding steroid dienone is 3. The molecule has 37 heavy (non-hydrogen) atoms. The van der Waals surface area contributed by atoms with Crippen molar-refractivity contribution in [3.05, 3.63) is 82.2 Å². The van der Waals surface area contributed by atoms with E-state index in [9.17, 15) is 9.59 Å². The molecule has 0 fully saturated rings. The minimum absolute atomic E-state index is 0.0409. The lowest BCUT2D eigenvalue weighted by atomic mass is 9.71. The highest BCUT2D eigenvalue weighted by Gasteiger charge is 2.42. The van der Waals surface area contributed by atoms with E-state index >= 15 is 0 Å². The van der Waals surface area contributed by atoms with Crippen molar-refractivity contribution < 1.29 is 23.8 Å². The fraction of sp³-hybridized carbons (Fsp3) is 0.419. The summed E-state index contributed by atoms with van der Waals surface area (Å²) < 4.78 is 17.3.